The van der Waals surface area contributed by atoms with Crippen molar-refractivity contribution in [1.82, 2.24) is 0 Å². The highest BCUT2D eigenvalue weighted by Crippen LogP contribution is 2.61. The second kappa shape index (κ2) is 7.39. The zero-order valence-corrected chi connectivity index (χ0v) is 18.7. The summed E-state index contributed by atoms with van der Waals surface area (Å²) >= 11 is 0. The Kier molecular flexibility index (Phi) is 4.48. The molecule has 3 heteroatoms. The molecular weight excluding hydrogens is 392 g/mol. The lowest BCUT2D eigenvalue weighted by atomic mass is 9.68. The highest BCUT2D eigenvalue weighted by molar-refractivity contribution is 5.93. The van der Waals surface area contributed by atoms with Gasteiger partial charge in [-0.05, 0) is 79.3 Å². The molecule has 0 saturated heterocycles. The molecule has 1 aliphatic carbocycles. The maximum atomic E-state index is 9.60. The monoisotopic (exact) mass is 420 g/mol. The van der Waals surface area contributed by atoms with Crippen LogP contribution in [-0.4, -0.2) is 18.3 Å². The topological polar surface area (TPSA) is 26.7 Å². The lowest BCUT2D eigenvalue weighted by Crippen LogP contribution is -2.35. The van der Waals surface area contributed by atoms with E-state index < -0.39 is 0 Å². The number of hydrogen-bond acceptors (Lipinski definition) is 3. The highest BCUT2D eigenvalue weighted by Gasteiger charge is 2.43. The summed E-state index contributed by atoms with van der Waals surface area (Å²) in [5.41, 5.74) is 13.6. The number of aliphatic hydroxyl groups excluding tert-OH is 1. The summed E-state index contributed by atoms with van der Waals surface area (Å²) in [7, 11) is 0. The van der Waals surface area contributed by atoms with Crippen LogP contribution in [0.5, 0.6) is 0 Å². The zero-order chi connectivity index (χ0) is 21.8. The Morgan fingerprint density at radius 3 is 2.19 bits per heavy atom. The van der Waals surface area contributed by atoms with E-state index in [-0.39, 0.29) is 12.5 Å². The molecule has 0 saturated carbocycles. The van der Waals surface area contributed by atoms with Gasteiger partial charge in [0, 0.05) is 41.7 Å². The SMILES string of the molecule is C/C=C\C=C(/C)N1c2cccc3c2C2c4c(cccc4N(CCCO)c4cccc1c42)C3. The molecule has 6 rings (SSSR count). The first-order valence-electron chi connectivity index (χ1n) is 11.6. The van der Waals surface area contributed by atoms with E-state index >= 15 is 0 Å². The van der Waals surface area contributed by atoms with Gasteiger partial charge in [0.25, 0.3) is 0 Å². The first-order chi connectivity index (χ1) is 15.7. The number of nitrogens with zero attached hydrogens (tertiary/aromatic N) is 2. The van der Waals surface area contributed by atoms with Gasteiger partial charge >= 0.3 is 0 Å². The zero-order valence-electron chi connectivity index (χ0n) is 18.7. The lowest BCUT2D eigenvalue weighted by molar-refractivity contribution is 0.290. The van der Waals surface area contributed by atoms with Gasteiger partial charge in [-0.1, -0.05) is 42.5 Å². The van der Waals surface area contributed by atoms with Crippen molar-refractivity contribution < 1.29 is 5.11 Å². The van der Waals surface area contributed by atoms with Crippen LogP contribution in [0.1, 0.15) is 54.0 Å². The summed E-state index contributed by atoms with van der Waals surface area (Å²) in [6.45, 7) is 5.28. The van der Waals surface area contributed by atoms with Crippen molar-refractivity contribution in [2.75, 3.05) is 23.0 Å². The standard InChI is InChI=1S/C29H28N2O/c1-3-4-9-19(2)31-24-14-6-11-21-18-20-10-5-12-22-26(20)29(27(21)24)28-23(13-7-15-25(28)31)30(22)16-8-17-32/h3-7,9-15,29,32H,8,16-18H2,1-2H3/b4-3-,19-9+. The van der Waals surface area contributed by atoms with Crippen LogP contribution < -0.4 is 9.80 Å². The van der Waals surface area contributed by atoms with Crippen molar-refractivity contribution in [3.8, 4) is 0 Å². The Hall–Kier alpha value is -3.30. The Labute approximate surface area is 189 Å². The van der Waals surface area contributed by atoms with E-state index in [2.05, 4.69) is 96.5 Å². The molecule has 0 radical (unpaired) electrons. The van der Waals surface area contributed by atoms with Gasteiger partial charge in [-0.25, -0.2) is 0 Å². The number of rotatable bonds is 5. The van der Waals surface area contributed by atoms with Gasteiger partial charge in [-0.3, -0.25) is 0 Å². The van der Waals surface area contributed by atoms with Gasteiger partial charge in [0.2, 0.25) is 0 Å². The third-order valence-corrected chi connectivity index (χ3v) is 7.14. The molecule has 0 bridgehead atoms. The predicted octanol–water partition coefficient (Wildman–Crippen LogP) is 6.54. The summed E-state index contributed by atoms with van der Waals surface area (Å²) in [6.07, 6.45) is 8.13. The normalized spacial score (nSPS) is 17.7. The van der Waals surface area contributed by atoms with Crippen molar-refractivity contribution in [2.24, 2.45) is 0 Å². The maximum absolute atomic E-state index is 9.60. The number of hydrogen-bond donors (Lipinski definition) is 1. The Balaban J connectivity index is 1.68. The number of benzene rings is 3. The van der Waals surface area contributed by atoms with Crippen molar-refractivity contribution in [3.63, 3.8) is 0 Å². The fourth-order valence-electron chi connectivity index (χ4n) is 5.93. The van der Waals surface area contributed by atoms with Gasteiger partial charge in [-0.2, -0.15) is 0 Å². The van der Waals surface area contributed by atoms with Crippen molar-refractivity contribution in [1.29, 1.82) is 0 Å². The Morgan fingerprint density at radius 1 is 0.906 bits per heavy atom. The van der Waals surface area contributed by atoms with Crippen LogP contribution in [0.4, 0.5) is 22.7 Å². The predicted molar refractivity (Wildman–Crippen MR) is 132 cm³/mol. The molecule has 1 N–H and O–H groups in total. The van der Waals surface area contributed by atoms with Crippen LogP contribution in [0, 0.1) is 0 Å². The first kappa shape index (κ1) is 19.4. The van der Waals surface area contributed by atoms with Gasteiger partial charge in [0.15, 0.2) is 0 Å². The fourth-order valence-corrected chi connectivity index (χ4v) is 5.93. The molecule has 32 heavy (non-hydrogen) atoms. The molecule has 0 fully saturated rings. The van der Waals surface area contributed by atoms with Crippen LogP contribution in [0.25, 0.3) is 0 Å². The minimum Gasteiger partial charge on any atom is -0.396 e. The first-order valence-corrected chi connectivity index (χ1v) is 11.6. The minimum atomic E-state index is 0.203. The molecule has 1 atom stereocenters. The molecule has 160 valence electrons. The smallest absolute Gasteiger partial charge is 0.0520 e. The van der Waals surface area contributed by atoms with Crippen LogP contribution >= 0.6 is 0 Å². The third kappa shape index (κ3) is 2.58. The van der Waals surface area contributed by atoms with Crippen molar-refractivity contribution in [2.45, 2.75) is 32.6 Å². The summed E-state index contributed by atoms with van der Waals surface area (Å²) in [6, 6.07) is 20.3. The molecule has 1 unspecified atom stereocenters. The van der Waals surface area contributed by atoms with Gasteiger partial charge < -0.3 is 14.9 Å². The van der Waals surface area contributed by atoms with E-state index in [9.17, 15) is 5.11 Å². The van der Waals surface area contributed by atoms with Crippen LogP contribution in [0.2, 0.25) is 0 Å². The lowest BCUT2D eigenvalue weighted by Gasteiger charge is -2.48. The summed E-state index contributed by atoms with van der Waals surface area (Å²) in [5.74, 6) is 0.267. The maximum Gasteiger partial charge on any atom is 0.0520 e. The summed E-state index contributed by atoms with van der Waals surface area (Å²) in [5, 5.41) is 9.60. The van der Waals surface area contributed by atoms with E-state index in [0.717, 1.165) is 19.4 Å². The van der Waals surface area contributed by atoms with Crippen molar-refractivity contribution >= 4 is 22.7 Å². The largest absolute Gasteiger partial charge is 0.396 e. The molecule has 2 heterocycles. The minimum absolute atomic E-state index is 0.203. The molecule has 3 aromatic rings. The average molecular weight is 421 g/mol. The number of allylic oxidation sites excluding steroid dienone is 4. The molecule has 3 nitrogen and oxygen atoms in total. The van der Waals surface area contributed by atoms with E-state index in [1.54, 1.807) is 0 Å². The van der Waals surface area contributed by atoms with E-state index in [4.69, 9.17) is 0 Å². The van der Waals surface area contributed by atoms with Gasteiger partial charge in [-0.15, -0.1) is 0 Å². The Bertz CT molecular complexity index is 1290. The third-order valence-electron chi connectivity index (χ3n) is 7.14. The molecular formula is C29H28N2O. The van der Waals surface area contributed by atoms with Crippen LogP contribution in [-0.2, 0) is 6.42 Å². The Morgan fingerprint density at radius 2 is 1.50 bits per heavy atom. The van der Waals surface area contributed by atoms with Gasteiger partial charge in [0.05, 0.1) is 11.4 Å². The quantitative estimate of drug-likeness (QED) is 0.372. The molecule has 0 amide bonds. The molecule has 3 aromatic carbocycles. The number of aliphatic hydroxyl groups is 1. The van der Waals surface area contributed by atoms with Gasteiger partial charge in [0.1, 0.15) is 0 Å². The second-order valence-corrected chi connectivity index (χ2v) is 8.92. The highest BCUT2D eigenvalue weighted by atomic mass is 16.3. The molecule has 2 aliphatic heterocycles. The molecule has 0 spiro atoms. The molecule has 3 aliphatic rings. The average Bonchev–Trinajstić information content (AvgIpc) is 2.82. The van der Waals surface area contributed by atoms with E-state index in [1.165, 1.54) is 56.3 Å². The summed E-state index contributed by atoms with van der Waals surface area (Å²) < 4.78 is 0. The van der Waals surface area contributed by atoms with E-state index in [1.807, 2.05) is 0 Å². The van der Waals surface area contributed by atoms with E-state index in [0.29, 0.717) is 0 Å². The van der Waals surface area contributed by atoms with Crippen molar-refractivity contribution in [3.05, 3.63) is 106 Å². The fraction of sp³-hybridized carbons (Fsp3) is 0.241. The van der Waals surface area contributed by atoms with Crippen LogP contribution in [0.15, 0.2) is 78.5 Å². The summed E-state index contributed by atoms with van der Waals surface area (Å²) in [4.78, 5) is 4.88. The second-order valence-electron chi connectivity index (χ2n) is 8.92. The molecule has 0 aromatic heterocycles. The number of anilines is 4. The van der Waals surface area contributed by atoms with Crippen LogP contribution in [0.3, 0.4) is 0 Å².